The molecule has 0 saturated carbocycles. The number of fused-ring (bicyclic) bond motifs is 3. The van der Waals surface area contributed by atoms with Gasteiger partial charge in [-0.3, -0.25) is 9.69 Å². The van der Waals surface area contributed by atoms with Crippen LogP contribution in [0.5, 0.6) is 6.01 Å². The predicted molar refractivity (Wildman–Crippen MR) is 162 cm³/mol. The first-order valence-corrected chi connectivity index (χ1v) is 15.1. The summed E-state index contributed by atoms with van der Waals surface area (Å²) in [6.07, 6.45) is 2.32. The zero-order chi connectivity index (χ0) is 31.5. The SMILES string of the molecule is C=CC(=O)N1CCN(c2nc(OC[C@@]34CCCN3CC(F)(F)C4)nc3nc(-c4cccc5cccc(F)c45)c(F)cc23)[C@H](C)C1. The number of piperazine rings is 1. The van der Waals surface area contributed by atoms with Gasteiger partial charge in [-0.25, -0.2) is 22.5 Å². The molecule has 8 nitrogen and oxygen atoms in total. The van der Waals surface area contributed by atoms with Crippen molar-refractivity contribution in [1.29, 1.82) is 0 Å². The number of benzene rings is 2. The van der Waals surface area contributed by atoms with Gasteiger partial charge in [0.2, 0.25) is 5.91 Å². The Balaban J connectivity index is 1.32. The molecule has 45 heavy (non-hydrogen) atoms. The first-order valence-electron chi connectivity index (χ1n) is 15.1. The molecule has 0 radical (unpaired) electrons. The molecule has 0 bridgehead atoms. The Morgan fingerprint density at radius 3 is 2.67 bits per heavy atom. The maximum Gasteiger partial charge on any atom is 0.320 e. The molecule has 3 aliphatic heterocycles. The van der Waals surface area contributed by atoms with E-state index in [0.29, 0.717) is 49.2 Å². The molecule has 2 aromatic carbocycles. The minimum absolute atomic E-state index is 0.0344. The third-order valence-corrected chi connectivity index (χ3v) is 9.32. The van der Waals surface area contributed by atoms with E-state index < -0.39 is 23.1 Å². The maximum absolute atomic E-state index is 16.0. The summed E-state index contributed by atoms with van der Waals surface area (Å²) in [6.45, 7) is 6.87. The molecule has 3 aliphatic rings. The van der Waals surface area contributed by atoms with Crippen LogP contribution in [0, 0.1) is 11.6 Å². The van der Waals surface area contributed by atoms with Gasteiger partial charge in [-0.2, -0.15) is 9.97 Å². The second-order valence-electron chi connectivity index (χ2n) is 12.3. The highest BCUT2D eigenvalue weighted by atomic mass is 19.3. The van der Waals surface area contributed by atoms with Crippen LogP contribution in [0.3, 0.4) is 0 Å². The number of nitrogens with zero attached hydrogens (tertiary/aromatic N) is 6. The Hall–Kier alpha value is -4.32. The van der Waals surface area contributed by atoms with Crippen LogP contribution < -0.4 is 9.64 Å². The summed E-state index contributed by atoms with van der Waals surface area (Å²) in [5, 5.41) is 1.14. The van der Waals surface area contributed by atoms with Gasteiger partial charge in [0.25, 0.3) is 5.92 Å². The minimum Gasteiger partial charge on any atom is -0.461 e. The minimum atomic E-state index is -2.81. The number of ether oxygens (including phenoxy) is 1. The molecule has 234 valence electrons. The summed E-state index contributed by atoms with van der Waals surface area (Å²) < 4.78 is 66.0. The van der Waals surface area contributed by atoms with Crippen molar-refractivity contribution in [2.24, 2.45) is 0 Å². The van der Waals surface area contributed by atoms with Crippen molar-refractivity contribution >= 4 is 33.5 Å². The topological polar surface area (TPSA) is 74.7 Å². The number of amides is 1. The van der Waals surface area contributed by atoms with E-state index in [9.17, 15) is 13.6 Å². The number of carbonyl (C=O) groups excluding carboxylic acids is 1. The standard InChI is InChI=1S/C33H32F4N6O2/c1-3-26(44)41-13-14-43(20(2)16-41)30-23-15-25(35)28(22-9-4-7-21-8-5-10-24(34)27(21)22)38-29(23)39-31(40-30)45-19-32-11-6-12-42(32)18-33(36,37)17-32/h3-5,7-10,15,20H,1,6,11-14,16-19H2,2H3/t20-,32+/m1/s1. The molecule has 0 unspecified atom stereocenters. The van der Waals surface area contributed by atoms with Gasteiger partial charge in [-0.15, -0.1) is 0 Å². The van der Waals surface area contributed by atoms with Gasteiger partial charge in [0.05, 0.1) is 17.5 Å². The zero-order valence-corrected chi connectivity index (χ0v) is 24.8. The number of alkyl halides is 2. The van der Waals surface area contributed by atoms with E-state index in [4.69, 9.17) is 4.74 Å². The summed E-state index contributed by atoms with van der Waals surface area (Å²) >= 11 is 0. The van der Waals surface area contributed by atoms with Crippen molar-refractivity contribution in [2.45, 2.75) is 43.7 Å². The van der Waals surface area contributed by atoms with Crippen LogP contribution in [0.15, 0.2) is 55.1 Å². The number of anilines is 1. The van der Waals surface area contributed by atoms with Crippen LogP contribution in [-0.4, -0.2) is 87.5 Å². The molecule has 2 atom stereocenters. The predicted octanol–water partition coefficient (Wildman–Crippen LogP) is 5.60. The van der Waals surface area contributed by atoms with Gasteiger partial charge >= 0.3 is 6.01 Å². The number of aromatic nitrogens is 3. The molecule has 2 aromatic heterocycles. The van der Waals surface area contributed by atoms with Crippen molar-refractivity contribution in [3.63, 3.8) is 0 Å². The number of halogens is 4. The van der Waals surface area contributed by atoms with Gasteiger partial charge in [0, 0.05) is 43.0 Å². The number of carbonyl (C=O) groups is 1. The van der Waals surface area contributed by atoms with Crippen molar-refractivity contribution in [3.8, 4) is 17.3 Å². The third-order valence-electron chi connectivity index (χ3n) is 9.32. The molecule has 0 N–H and O–H groups in total. The fraction of sp³-hybridized carbons (Fsp3) is 0.394. The van der Waals surface area contributed by atoms with E-state index >= 15 is 8.78 Å². The quantitative estimate of drug-likeness (QED) is 0.205. The van der Waals surface area contributed by atoms with Gasteiger partial charge in [0.15, 0.2) is 5.65 Å². The maximum atomic E-state index is 16.0. The second-order valence-corrected chi connectivity index (χ2v) is 12.3. The number of hydrogen-bond donors (Lipinski definition) is 0. The van der Waals surface area contributed by atoms with E-state index in [1.54, 1.807) is 40.1 Å². The average molecular weight is 621 g/mol. The smallest absolute Gasteiger partial charge is 0.320 e. The highest BCUT2D eigenvalue weighted by molar-refractivity contribution is 5.98. The average Bonchev–Trinajstić information content (AvgIpc) is 3.51. The lowest BCUT2D eigenvalue weighted by molar-refractivity contribution is -0.126. The summed E-state index contributed by atoms with van der Waals surface area (Å²) in [4.78, 5) is 31.5. The molecule has 4 aromatic rings. The summed E-state index contributed by atoms with van der Waals surface area (Å²) in [7, 11) is 0. The molecule has 1 amide bonds. The van der Waals surface area contributed by atoms with Crippen LogP contribution in [0.4, 0.5) is 23.4 Å². The van der Waals surface area contributed by atoms with Gasteiger partial charge < -0.3 is 14.5 Å². The van der Waals surface area contributed by atoms with Crippen LogP contribution in [-0.2, 0) is 4.79 Å². The van der Waals surface area contributed by atoms with Crippen LogP contribution in [0.1, 0.15) is 26.2 Å². The van der Waals surface area contributed by atoms with Crippen molar-refractivity contribution in [1.82, 2.24) is 24.8 Å². The first kappa shape index (κ1) is 29.4. The monoisotopic (exact) mass is 620 g/mol. The van der Waals surface area contributed by atoms with E-state index in [-0.39, 0.29) is 59.8 Å². The molecule has 3 saturated heterocycles. The zero-order valence-electron chi connectivity index (χ0n) is 24.8. The fourth-order valence-corrected chi connectivity index (χ4v) is 7.23. The Kier molecular flexibility index (Phi) is 7.14. The second kappa shape index (κ2) is 10.9. The molecule has 12 heteroatoms. The molecule has 0 aliphatic carbocycles. The largest absolute Gasteiger partial charge is 0.461 e. The molecule has 3 fully saturated rings. The van der Waals surface area contributed by atoms with E-state index in [0.717, 1.165) is 6.42 Å². The molecule has 5 heterocycles. The first-order chi connectivity index (χ1) is 21.6. The Labute approximate surface area is 257 Å². The Morgan fingerprint density at radius 1 is 1.09 bits per heavy atom. The van der Waals surface area contributed by atoms with Gasteiger partial charge in [-0.1, -0.05) is 36.9 Å². The molecular weight excluding hydrogens is 588 g/mol. The summed E-state index contributed by atoms with van der Waals surface area (Å²) in [5.74, 6) is -3.83. The van der Waals surface area contributed by atoms with Crippen molar-refractivity contribution in [3.05, 3.63) is 66.8 Å². The fourth-order valence-electron chi connectivity index (χ4n) is 7.23. The lowest BCUT2D eigenvalue weighted by atomic mass is 9.94. The van der Waals surface area contributed by atoms with E-state index in [1.807, 2.05) is 11.8 Å². The number of hydrogen-bond acceptors (Lipinski definition) is 7. The van der Waals surface area contributed by atoms with Crippen LogP contribution in [0.25, 0.3) is 33.1 Å². The number of rotatable bonds is 6. The van der Waals surface area contributed by atoms with Crippen molar-refractivity contribution in [2.75, 3.05) is 44.2 Å². The molecule has 7 rings (SSSR count). The summed E-state index contributed by atoms with van der Waals surface area (Å²) in [6, 6.07) is 10.7. The van der Waals surface area contributed by atoms with Crippen LogP contribution in [0.2, 0.25) is 0 Å². The highest BCUT2D eigenvalue weighted by Crippen LogP contribution is 2.46. The lowest BCUT2D eigenvalue weighted by Gasteiger charge is -2.40. The van der Waals surface area contributed by atoms with Gasteiger partial charge in [0.1, 0.15) is 29.8 Å². The normalized spacial score (nSPS) is 23.1. The summed E-state index contributed by atoms with van der Waals surface area (Å²) in [5.41, 5.74) is -0.520. The third kappa shape index (κ3) is 5.14. The highest BCUT2D eigenvalue weighted by Gasteiger charge is 2.57. The van der Waals surface area contributed by atoms with Crippen molar-refractivity contribution < 1.29 is 27.1 Å². The molecular formula is C33H32F4N6O2. The number of pyridine rings is 1. The Bertz CT molecular complexity index is 1830. The van der Waals surface area contributed by atoms with Crippen LogP contribution >= 0.6 is 0 Å². The van der Waals surface area contributed by atoms with Gasteiger partial charge in [-0.05, 0) is 49.9 Å². The van der Waals surface area contributed by atoms with E-state index in [1.165, 1.54) is 18.2 Å². The van der Waals surface area contributed by atoms with E-state index in [2.05, 4.69) is 21.5 Å². The molecule has 0 spiro atoms. The Morgan fingerprint density at radius 2 is 1.89 bits per heavy atom. The lowest BCUT2D eigenvalue weighted by Crippen LogP contribution is -2.53.